The fraction of sp³-hybridized carbons (Fsp3) is 0.667. The quantitative estimate of drug-likeness (QED) is 0.739. The van der Waals surface area contributed by atoms with Crippen molar-refractivity contribution >= 4 is 5.69 Å². The lowest BCUT2D eigenvalue weighted by Crippen LogP contribution is -2.22. The van der Waals surface area contributed by atoms with Gasteiger partial charge in [0.25, 0.3) is 0 Å². The zero-order chi connectivity index (χ0) is 13.1. The summed E-state index contributed by atoms with van der Waals surface area (Å²) in [4.78, 5) is 0. The van der Waals surface area contributed by atoms with E-state index in [9.17, 15) is 0 Å². The molecular formula is C18H27N. The first-order valence-corrected chi connectivity index (χ1v) is 8.19. The van der Waals surface area contributed by atoms with Crippen molar-refractivity contribution in [3.8, 4) is 0 Å². The molecule has 1 heterocycles. The first kappa shape index (κ1) is 13.0. The Balaban J connectivity index is 1.68. The molecule has 104 valence electrons. The van der Waals surface area contributed by atoms with Crippen LogP contribution in [0.4, 0.5) is 5.69 Å². The van der Waals surface area contributed by atoms with Crippen molar-refractivity contribution in [3.05, 3.63) is 29.3 Å². The van der Waals surface area contributed by atoms with E-state index < -0.39 is 0 Å². The fourth-order valence-electron chi connectivity index (χ4n) is 3.73. The highest BCUT2D eigenvalue weighted by atomic mass is 14.9. The third-order valence-electron chi connectivity index (χ3n) is 4.92. The summed E-state index contributed by atoms with van der Waals surface area (Å²) in [6, 6.07) is 7.78. The number of hydrogen-bond acceptors (Lipinski definition) is 1. The maximum atomic E-state index is 3.60. The maximum absolute atomic E-state index is 3.60. The second kappa shape index (κ2) is 5.98. The summed E-state index contributed by atoms with van der Waals surface area (Å²) in [6.45, 7) is 2.28. The average Bonchev–Trinajstić information content (AvgIpc) is 2.68. The smallest absolute Gasteiger partial charge is 0.0374 e. The van der Waals surface area contributed by atoms with Gasteiger partial charge in [0.2, 0.25) is 0 Å². The molecule has 0 saturated heterocycles. The molecule has 1 aliphatic carbocycles. The van der Waals surface area contributed by atoms with Crippen molar-refractivity contribution in [2.45, 2.75) is 70.8 Å². The molecule has 1 aliphatic heterocycles. The van der Waals surface area contributed by atoms with Crippen LogP contribution in [0, 0.1) is 5.92 Å². The molecule has 2 aliphatic rings. The topological polar surface area (TPSA) is 12.0 Å². The van der Waals surface area contributed by atoms with Crippen LogP contribution in [0.15, 0.2) is 18.2 Å². The zero-order valence-corrected chi connectivity index (χ0v) is 12.3. The molecule has 1 atom stereocenters. The minimum Gasteiger partial charge on any atom is -0.382 e. The molecule has 1 aromatic rings. The van der Waals surface area contributed by atoms with E-state index in [1.807, 2.05) is 0 Å². The van der Waals surface area contributed by atoms with E-state index in [4.69, 9.17) is 0 Å². The summed E-state index contributed by atoms with van der Waals surface area (Å²) in [6.07, 6.45) is 12.6. The van der Waals surface area contributed by atoms with Gasteiger partial charge in [0.15, 0.2) is 0 Å². The van der Waals surface area contributed by atoms with Crippen LogP contribution in [0.25, 0.3) is 0 Å². The molecule has 19 heavy (non-hydrogen) atoms. The predicted molar refractivity (Wildman–Crippen MR) is 82.7 cm³/mol. The Labute approximate surface area is 117 Å². The van der Waals surface area contributed by atoms with Crippen LogP contribution in [0.2, 0.25) is 0 Å². The van der Waals surface area contributed by atoms with Crippen LogP contribution in [-0.2, 0) is 12.8 Å². The van der Waals surface area contributed by atoms with Gasteiger partial charge in [-0.1, -0.05) is 50.7 Å². The van der Waals surface area contributed by atoms with Crippen molar-refractivity contribution in [1.29, 1.82) is 0 Å². The lowest BCUT2D eigenvalue weighted by molar-refractivity contribution is 0.458. The fourth-order valence-corrected chi connectivity index (χ4v) is 3.73. The number of aryl methyl sites for hydroxylation is 1. The van der Waals surface area contributed by atoms with Crippen LogP contribution in [0.1, 0.15) is 63.0 Å². The largest absolute Gasteiger partial charge is 0.382 e. The van der Waals surface area contributed by atoms with Gasteiger partial charge in [-0.2, -0.15) is 0 Å². The summed E-state index contributed by atoms with van der Waals surface area (Å²) in [7, 11) is 0. The highest BCUT2D eigenvalue weighted by Gasteiger charge is 2.16. The first-order valence-electron chi connectivity index (χ1n) is 8.19. The van der Waals surface area contributed by atoms with Gasteiger partial charge in [-0.05, 0) is 49.3 Å². The molecule has 1 fully saturated rings. The Morgan fingerprint density at radius 1 is 1.05 bits per heavy atom. The standard InChI is InChI=1S/C18H27N/c1-14-8-10-17-13-16(9-11-18(17)19-14)12-15-6-4-2-3-5-7-15/h9,11,13-15,19H,2-8,10,12H2,1H3. The molecule has 3 rings (SSSR count). The maximum Gasteiger partial charge on any atom is 0.0374 e. The second-order valence-corrected chi connectivity index (χ2v) is 6.64. The molecule has 1 N–H and O–H groups in total. The monoisotopic (exact) mass is 257 g/mol. The van der Waals surface area contributed by atoms with E-state index in [-0.39, 0.29) is 0 Å². The van der Waals surface area contributed by atoms with Crippen molar-refractivity contribution in [2.75, 3.05) is 5.32 Å². The van der Waals surface area contributed by atoms with E-state index in [1.165, 1.54) is 63.5 Å². The Morgan fingerprint density at radius 2 is 1.84 bits per heavy atom. The van der Waals surface area contributed by atoms with Crippen LogP contribution in [0.5, 0.6) is 0 Å². The summed E-state index contributed by atoms with van der Waals surface area (Å²) >= 11 is 0. The minimum atomic E-state index is 0.639. The number of benzene rings is 1. The molecule has 1 nitrogen and oxygen atoms in total. The summed E-state index contributed by atoms with van der Waals surface area (Å²) in [5, 5.41) is 3.60. The SMILES string of the molecule is CC1CCc2cc(CC3CCCCCC3)ccc2N1. The van der Waals surface area contributed by atoms with Crippen LogP contribution >= 0.6 is 0 Å². The molecule has 0 bridgehead atoms. The lowest BCUT2D eigenvalue weighted by Gasteiger charge is -2.25. The van der Waals surface area contributed by atoms with Gasteiger partial charge in [-0.15, -0.1) is 0 Å². The molecule has 0 aromatic heterocycles. The van der Waals surface area contributed by atoms with Gasteiger partial charge in [0.05, 0.1) is 0 Å². The highest BCUT2D eigenvalue weighted by molar-refractivity contribution is 5.55. The molecule has 1 aromatic carbocycles. The molecule has 1 saturated carbocycles. The molecule has 0 spiro atoms. The number of anilines is 1. The molecule has 1 heteroatoms. The third kappa shape index (κ3) is 3.32. The number of hydrogen-bond donors (Lipinski definition) is 1. The van der Waals surface area contributed by atoms with Crippen molar-refractivity contribution in [2.24, 2.45) is 5.92 Å². The van der Waals surface area contributed by atoms with Crippen LogP contribution in [-0.4, -0.2) is 6.04 Å². The normalized spacial score (nSPS) is 24.4. The van der Waals surface area contributed by atoms with Gasteiger partial charge in [-0.25, -0.2) is 0 Å². The second-order valence-electron chi connectivity index (χ2n) is 6.64. The summed E-state index contributed by atoms with van der Waals surface area (Å²) in [5.74, 6) is 0.941. The van der Waals surface area contributed by atoms with Crippen molar-refractivity contribution in [3.63, 3.8) is 0 Å². The lowest BCUT2D eigenvalue weighted by atomic mass is 9.90. The van der Waals surface area contributed by atoms with E-state index in [1.54, 1.807) is 11.1 Å². The Hall–Kier alpha value is -0.980. The molecular weight excluding hydrogens is 230 g/mol. The highest BCUT2D eigenvalue weighted by Crippen LogP contribution is 2.29. The van der Waals surface area contributed by atoms with Crippen LogP contribution < -0.4 is 5.32 Å². The van der Waals surface area contributed by atoms with Crippen molar-refractivity contribution < 1.29 is 0 Å². The third-order valence-corrected chi connectivity index (χ3v) is 4.92. The molecule has 0 radical (unpaired) electrons. The van der Waals surface area contributed by atoms with Gasteiger partial charge in [0.1, 0.15) is 0 Å². The van der Waals surface area contributed by atoms with Gasteiger partial charge >= 0.3 is 0 Å². The van der Waals surface area contributed by atoms with Crippen molar-refractivity contribution in [1.82, 2.24) is 0 Å². The van der Waals surface area contributed by atoms with Crippen LogP contribution in [0.3, 0.4) is 0 Å². The van der Waals surface area contributed by atoms with E-state index in [2.05, 4.69) is 30.4 Å². The average molecular weight is 257 g/mol. The predicted octanol–water partition coefficient (Wildman–Crippen LogP) is 4.95. The Kier molecular flexibility index (Phi) is 4.10. The zero-order valence-electron chi connectivity index (χ0n) is 12.3. The molecule has 1 unspecified atom stereocenters. The van der Waals surface area contributed by atoms with Gasteiger partial charge < -0.3 is 5.32 Å². The number of rotatable bonds is 2. The summed E-state index contributed by atoms with van der Waals surface area (Å²) < 4.78 is 0. The summed E-state index contributed by atoms with van der Waals surface area (Å²) in [5.41, 5.74) is 4.49. The number of fused-ring (bicyclic) bond motifs is 1. The Bertz CT molecular complexity index is 416. The first-order chi connectivity index (χ1) is 9.31. The van der Waals surface area contributed by atoms with E-state index >= 15 is 0 Å². The minimum absolute atomic E-state index is 0.639. The van der Waals surface area contributed by atoms with Gasteiger partial charge in [-0.3, -0.25) is 0 Å². The number of nitrogens with one attached hydrogen (secondary N) is 1. The van der Waals surface area contributed by atoms with E-state index in [0.717, 1.165) is 5.92 Å². The van der Waals surface area contributed by atoms with Gasteiger partial charge in [0, 0.05) is 11.7 Å². The molecule has 0 amide bonds. The Morgan fingerprint density at radius 3 is 2.63 bits per heavy atom. The van der Waals surface area contributed by atoms with E-state index in [0.29, 0.717) is 6.04 Å².